The number of likely N-dealkylation sites (tertiary alicyclic amines) is 1. The van der Waals surface area contributed by atoms with Crippen LogP contribution in [-0.4, -0.2) is 54.2 Å². The Kier molecular flexibility index (Phi) is 7.73. The quantitative estimate of drug-likeness (QED) is 0.553. The fraction of sp³-hybridized carbons (Fsp3) is 0.464. The van der Waals surface area contributed by atoms with Crippen molar-refractivity contribution < 1.29 is 24.2 Å². The Hall–Kier alpha value is -3.35. The van der Waals surface area contributed by atoms with Gasteiger partial charge in [-0.05, 0) is 40.0 Å². The van der Waals surface area contributed by atoms with E-state index in [0.29, 0.717) is 26.1 Å². The molecule has 0 spiro atoms. The fourth-order valence-corrected chi connectivity index (χ4v) is 5.34. The van der Waals surface area contributed by atoms with Crippen molar-refractivity contribution in [2.75, 3.05) is 26.2 Å². The Morgan fingerprint density at radius 3 is 2.29 bits per heavy atom. The number of carboxylic acid groups (broad SMARTS) is 1. The van der Waals surface area contributed by atoms with Gasteiger partial charge in [0.1, 0.15) is 6.61 Å². The van der Waals surface area contributed by atoms with E-state index < -0.39 is 12.1 Å². The molecule has 1 saturated heterocycles. The highest BCUT2D eigenvalue weighted by molar-refractivity contribution is 5.79. The highest BCUT2D eigenvalue weighted by atomic mass is 16.5. The lowest BCUT2D eigenvalue weighted by Crippen LogP contribution is -2.35. The van der Waals surface area contributed by atoms with Crippen LogP contribution >= 0.6 is 0 Å². The van der Waals surface area contributed by atoms with E-state index in [-0.39, 0.29) is 42.6 Å². The van der Waals surface area contributed by atoms with Gasteiger partial charge in [-0.15, -0.1) is 0 Å². The second-order valence-corrected chi connectivity index (χ2v) is 9.82. The molecular weight excluding hydrogens is 444 g/mol. The van der Waals surface area contributed by atoms with Gasteiger partial charge in [-0.2, -0.15) is 0 Å². The highest BCUT2D eigenvalue weighted by Gasteiger charge is 2.34. The maximum atomic E-state index is 12.8. The van der Waals surface area contributed by atoms with Crippen molar-refractivity contribution in [1.82, 2.24) is 10.2 Å². The Labute approximate surface area is 206 Å². The molecule has 7 nitrogen and oxygen atoms in total. The summed E-state index contributed by atoms with van der Waals surface area (Å²) in [4.78, 5) is 38.1. The average molecular weight is 479 g/mol. The van der Waals surface area contributed by atoms with E-state index in [9.17, 15) is 14.4 Å². The van der Waals surface area contributed by atoms with Crippen LogP contribution < -0.4 is 5.32 Å². The molecule has 2 aromatic carbocycles. The topological polar surface area (TPSA) is 95.9 Å². The molecule has 2 aromatic rings. The molecule has 0 radical (unpaired) electrons. The molecule has 0 bridgehead atoms. The number of aliphatic carboxylic acids is 1. The fourth-order valence-electron chi connectivity index (χ4n) is 5.34. The predicted molar refractivity (Wildman–Crippen MR) is 133 cm³/mol. The van der Waals surface area contributed by atoms with Crippen LogP contribution in [0.5, 0.6) is 0 Å². The van der Waals surface area contributed by atoms with Crippen LogP contribution in [0, 0.1) is 17.8 Å². The monoisotopic (exact) mass is 478 g/mol. The lowest BCUT2D eigenvalue weighted by Gasteiger charge is -2.21. The number of carbonyl (C=O) groups excluding carboxylic acids is 2. The molecule has 1 aliphatic heterocycles. The van der Waals surface area contributed by atoms with E-state index >= 15 is 0 Å². The molecule has 0 aromatic heterocycles. The summed E-state index contributed by atoms with van der Waals surface area (Å²) in [6.45, 7) is 5.69. The van der Waals surface area contributed by atoms with Crippen molar-refractivity contribution in [3.8, 4) is 11.1 Å². The molecule has 2 amide bonds. The molecule has 1 unspecified atom stereocenters. The largest absolute Gasteiger partial charge is 0.481 e. The Bertz CT molecular complexity index is 1040. The molecule has 1 fully saturated rings. The number of carbonyl (C=O) groups is 3. The molecule has 35 heavy (non-hydrogen) atoms. The van der Waals surface area contributed by atoms with Crippen molar-refractivity contribution in [3.63, 3.8) is 0 Å². The summed E-state index contributed by atoms with van der Waals surface area (Å²) in [7, 11) is 0. The number of nitrogens with one attached hydrogen (secondary N) is 1. The minimum atomic E-state index is -0.824. The number of carboxylic acids is 1. The van der Waals surface area contributed by atoms with Gasteiger partial charge in [-0.25, -0.2) is 4.79 Å². The van der Waals surface area contributed by atoms with Crippen molar-refractivity contribution in [2.24, 2.45) is 17.8 Å². The van der Waals surface area contributed by atoms with E-state index in [1.807, 2.05) is 38.1 Å². The number of amides is 2. The van der Waals surface area contributed by atoms with Crippen LogP contribution in [0.15, 0.2) is 48.5 Å². The molecule has 3 atom stereocenters. The van der Waals surface area contributed by atoms with E-state index in [1.165, 1.54) is 22.3 Å². The number of hydrogen-bond donors (Lipinski definition) is 2. The number of alkyl carbamates (subject to hydrolysis) is 1. The molecule has 186 valence electrons. The minimum absolute atomic E-state index is 0.00295. The molecule has 4 rings (SSSR count). The van der Waals surface area contributed by atoms with Gasteiger partial charge < -0.3 is 20.1 Å². The number of benzene rings is 2. The molecule has 2 aliphatic rings. The second kappa shape index (κ2) is 10.9. The third kappa shape index (κ3) is 5.66. The van der Waals surface area contributed by atoms with Crippen molar-refractivity contribution in [3.05, 3.63) is 59.7 Å². The SMILES string of the molecule is CCC(CNC(=O)OCC1c2ccccc2-c2ccccc21)CC(=O)N1C[C@@H](CC(=O)O)[C@H](C)C1. The molecule has 0 saturated carbocycles. The predicted octanol–water partition coefficient (Wildman–Crippen LogP) is 4.51. The molecule has 1 aliphatic carbocycles. The molecule has 7 heteroatoms. The van der Waals surface area contributed by atoms with Crippen molar-refractivity contribution in [1.29, 1.82) is 0 Å². The summed E-state index contributed by atoms with van der Waals surface area (Å²) >= 11 is 0. The first-order valence-electron chi connectivity index (χ1n) is 12.5. The van der Waals surface area contributed by atoms with Crippen LogP contribution in [0.25, 0.3) is 11.1 Å². The normalized spacial score (nSPS) is 19.7. The van der Waals surface area contributed by atoms with Crippen LogP contribution in [0.2, 0.25) is 0 Å². The van der Waals surface area contributed by atoms with Gasteiger partial charge in [0.05, 0.1) is 6.42 Å². The first-order chi connectivity index (χ1) is 16.9. The van der Waals surface area contributed by atoms with Crippen molar-refractivity contribution in [2.45, 2.75) is 39.0 Å². The Morgan fingerprint density at radius 1 is 1.06 bits per heavy atom. The highest BCUT2D eigenvalue weighted by Crippen LogP contribution is 2.44. The zero-order valence-electron chi connectivity index (χ0n) is 20.4. The van der Waals surface area contributed by atoms with Gasteiger partial charge in [0.15, 0.2) is 0 Å². The third-order valence-corrected chi connectivity index (χ3v) is 7.48. The van der Waals surface area contributed by atoms with Gasteiger partial charge >= 0.3 is 12.1 Å². The second-order valence-electron chi connectivity index (χ2n) is 9.82. The minimum Gasteiger partial charge on any atom is -0.481 e. The number of nitrogens with zero attached hydrogens (tertiary/aromatic N) is 1. The zero-order chi connectivity index (χ0) is 24.9. The first-order valence-corrected chi connectivity index (χ1v) is 12.5. The average Bonchev–Trinajstić information content (AvgIpc) is 3.37. The zero-order valence-corrected chi connectivity index (χ0v) is 20.4. The van der Waals surface area contributed by atoms with Crippen LogP contribution in [0.1, 0.15) is 50.2 Å². The maximum Gasteiger partial charge on any atom is 0.407 e. The summed E-state index contributed by atoms with van der Waals surface area (Å²) in [5.41, 5.74) is 4.70. The number of ether oxygens (including phenoxy) is 1. The lowest BCUT2D eigenvalue weighted by atomic mass is 9.95. The number of fused-ring (bicyclic) bond motifs is 3. The molecular formula is C28H34N2O5. The van der Waals surface area contributed by atoms with Gasteiger partial charge in [-0.3, -0.25) is 9.59 Å². The standard InChI is InChI=1S/C28H34N2O5/c1-3-19(12-26(31)30-15-18(2)20(16-30)13-27(32)33)14-29-28(34)35-17-25-23-10-6-4-8-21(23)22-9-5-7-11-24(22)25/h4-11,18-20,25H,3,12-17H2,1-2H3,(H,29,34)(H,32,33)/t18-,19?,20-/m1/s1. The molecule has 2 N–H and O–H groups in total. The summed E-state index contributed by atoms with van der Waals surface area (Å²) in [5.74, 6) is -0.630. The summed E-state index contributed by atoms with van der Waals surface area (Å²) < 4.78 is 5.60. The molecule has 1 heterocycles. The van der Waals surface area contributed by atoms with Gasteiger partial charge in [0, 0.05) is 32.0 Å². The third-order valence-electron chi connectivity index (χ3n) is 7.48. The van der Waals surface area contributed by atoms with E-state index in [4.69, 9.17) is 9.84 Å². The van der Waals surface area contributed by atoms with Gasteiger partial charge in [-0.1, -0.05) is 68.8 Å². The van der Waals surface area contributed by atoms with E-state index in [0.717, 1.165) is 6.42 Å². The van der Waals surface area contributed by atoms with Crippen molar-refractivity contribution >= 4 is 18.0 Å². The summed E-state index contributed by atoms with van der Waals surface area (Å²) in [6.07, 6.45) is 0.685. The van der Waals surface area contributed by atoms with E-state index in [1.54, 1.807) is 4.90 Å². The van der Waals surface area contributed by atoms with Gasteiger partial charge in [0.25, 0.3) is 0 Å². The summed E-state index contributed by atoms with van der Waals surface area (Å²) in [5, 5.41) is 11.9. The van der Waals surface area contributed by atoms with E-state index in [2.05, 4.69) is 29.6 Å². The number of hydrogen-bond acceptors (Lipinski definition) is 4. The Morgan fingerprint density at radius 2 is 1.69 bits per heavy atom. The smallest absolute Gasteiger partial charge is 0.407 e. The number of rotatable bonds is 9. The van der Waals surface area contributed by atoms with Crippen LogP contribution in [0.3, 0.4) is 0 Å². The van der Waals surface area contributed by atoms with Crippen LogP contribution in [0.4, 0.5) is 4.79 Å². The summed E-state index contributed by atoms with van der Waals surface area (Å²) in [6, 6.07) is 16.4. The lowest BCUT2D eigenvalue weighted by molar-refractivity contribution is -0.138. The van der Waals surface area contributed by atoms with Gasteiger partial charge in [0.2, 0.25) is 5.91 Å². The van der Waals surface area contributed by atoms with Crippen LogP contribution in [-0.2, 0) is 14.3 Å². The Balaban J connectivity index is 1.26. The maximum absolute atomic E-state index is 12.8. The first kappa shape index (κ1) is 24.8.